The number of para-hydroxylation sites is 1. The highest BCUT2D eigenvalue weighted by molar-refractivity contribution is 5.51. The van der Waals surface area contributed by atoms with Gasteiger partial charge in [0.15, 0.2) is 0 Å². The van der Waals surface area contributed by atoms with Crippen LogP contribution in [-0.2, 0) is 0 Å². The molecule has 6 nitrogen and oxygen atoms in total. The lowest BCUT2D eigenvalue weighted by Gasteiger charge is -2.34. The first-order valence-electron chi connectivity index (χ1n) is 6.77. The largest absolute Gasteiger partial charge is 0.741 e. The Kier molecular flexibility index (Phi) is 3.37. The molecule has 2 N–H and O–H groups in total. The zero-order chi connectivity index (χ0) is 13.9. The summed E-state index contributed by atoms with van der Waals surface area (Å²) in [5.74, 6) is 0.588. The molecule has 0 bridgehead atoms. The normalized spacial score (nSPS) is 19.0. The van der Waals surface area contributed by atoms with E-state index in [4.69, 9.17) is 5.73 Å². The first kappa shape index (κ1) is 12.7. The fraction of sp³-hybridized carbons (Fsp3) is 0.357. The van der Waals surface area contributed by atoms with Crippen LogP contribution in [0.3, 0.4) is 0 Å². The molecule has 104 valence electrons. The molecular weight excluding hydrogens is 254 g/mol. The van der Waals surface area contributed by atoms with Gasteiger partial charge in [0.25, 0.3) is 0 Å². The standard InChI is InChI=1S/C14H17N5O/c15-12-6-2-1-5-11(12)13-7-3-4-8-19(13)14-16-9-18(20)10-17-14/h1-2,5-6,9-10,13H,3-4,7-8,15H2. The van der Waals surface area contributed by atoms with Crippen LogP contribution in [0.25, 0.3) is 0 Å². The third-order valence-corrected chi connectivity index (χ3v) is 3.69. The maximum Gasteiger partial charge on any atom is 0.377 e. The van der Waals surface area contributed by atoms with E-state index in [1.807, 2.05) is 18.2 Å². The third kappa shape index (κ3) is 2.36. The minimum Gasteiger partial charge on any atom is -0.741 e. The molecule has 1 aliphatic heterocycles. The number of hydrogen-bond acceptors (Lipinski definition) is 5. The Morgan fingerprint density at radius 3 is 2.70 bits per heavy atom. The van der Waals surface area contributed by atoms with E-state index in [0.717, 1.165) is 37.1 Å². The number of nitrogens with zero attached hydrogens (tertiary/aromatic N) is 4. The second kappa shape index (κ2) is 5.32. The maximum atomic E-state index is 11.1. The van der Waals surface area contributed by atoms with Crippen molar-refractivity contribution in [3.63, 3.8) is 0 Å². The van der Waals surface area contributed by atoms with Crippen LogP contribution in [0.5, 0.6) is 0 Å². The molecule has 1 aliphatic rings. The lowest BCUT2D eigenvalue weighted by Crippen LogP contribution is -2.37. The minimum atomic E-state index is 0.174. The van der Waals surface area contributed by atoms with Gasteiger partial charge in [-0.15, -0.1) is 0 Å². The van der Waals surface area contributed by atoms with Crippen molar-refractivity contribution in [1.82, 2.24) is 9.97 Å². The fourth-order valence-corrected chi connectivity index (χ4v) is 2.74. The summed E-state index contributed by atoms with van der Waals surface area (Å²) in [6, 6.07) is 8.07. The van der Waals surface area contributed by atoms with Gasteiger partial charge in [-0.2, -0.15) is 0 Å². The number of benzene rings is 1. The minimum absolute atomic E-state index is 0.174. The highest BCUT2D eigenvalue weighted by Crippen LogP contribution is 2.35. The van der Waals surface area contributed by atoms with Crippen molar-refractivity contribution in [2.24, 2.45) is 0 Å². The van der Waals surface area contributed by atoms with Crippen molar-refractivity contribution >= 4 is 11.6 Å². The number of hydrogen-bond donors (Lipinski definition) is 1. The van der Waals surface area contributed by atoms with E-state index in [9.17, 15) is 5.21 Å². The van der Waals surface area contributed by atoms with E-state index in [1.165, 1.54) is 12.7 Å². The number of rotatable bonds is 2. The zero-order valence-corrected chi connectivity index (χ0v) is 11.1. The highest BCUT2D eigenvalue weighted by Gasteiger charge is 2.29. The molecule has 0 aliphatic carbocycles. The van der Waals surface area contributed by atoms with Crippen LogP contribution in [0.2, 0.25) is 0 Å². The summed E-state index contributed by atoms with van der Waals surface area (Å²) in [7, 11) is 0. The van der Waals surface area contributed by atoms with Gasteiger partial charge in [-0.1, -0.05) is 28.2 Å². The molecule has 3 rings (SSSR count). The van der Waals surface area contributed by atoms with Crippen molar-refractivity contribution in [2.45, 2.75) is 25.3 Å². The number of piperidine rings is 1. The van der Waals surface area contributed by atoms with Gasteiger partial charge in [-0.25, -0.2) is 0 Å². The Labute approximate surface area is 117 Å². The van der Waals surface area contributed by atoms with Crippen LogP contribution in [0.1, 0.15) is 30.9 Å². The molecule has 2 heterocycles. The Bertz CT molecular complexity index is 586. The van der Waals surface area contributed by atoms with Crippen LogP contribution in [0.4, 0.5) is 11.6 Å². The fourth-order valence-electron chi connectivity index (χ4n) is 2.74. The maximum absolute atomic E-state index is 11.1. The van der Waals surface area contributed by atoms with Gasteiger partial charge >= 0.3 is 5.95 Å². The molecule has 1 aromatic carbocycles. The summed E-state index contributed by atoms with van der Waals surface area (Å²) in [5.41, 5.74) is 7.99. The molecule has 1 atom stereocenters. The molecular formula is C14H17N5O. The first-order valence-corrected chi connectivity index (χ1v) is 6.77. The van der Waals surface area contributed by atoms with Gasteiger partial charge < -0.3 is 15.8 Å². The molecule has 0 saturated carbocycles. The second-order valence-electron chi connectivity index (χ2n) is 4.98. The van der Waals surface area contributed by atoms with Crippen LogP contribution < -0.4 is 15.4 Å². The van der Waals surface area contributed by atoms with E-state index >= 15 is 0 Å². The SMILES string of the molecule is Nc1ccccc1C1CCCCN1c1nc[n+]([O-])cn1. The van der Waals surface area contributed by atoms with Gasteiger partial charge in [0, 0.05) is 12.2 Å². The Morgan fingerprint density at radius 2 is 1.95 bits per heavy atom. The summed E-state index contributed by atoms with van der Waals surface area (Å²) < 4.78 is 0.597. The molecule has 0 amide bonds. The molecule has 2 aromatic rings. The lowest BCUT2D eigenvalue weighted by molar-refractivity contribution is -0.612. The second-order valence-corrected chi connectivity index (χ2v) is 4.98. The smallest absolute Gasteiger partial charge is 0.377 e. The molecule has 0 spiro atoms. The van der Waals surface area contributed by atoms with Crippen LogP contribution in [0, 0.1) is 5.21 Å². The topological polar surface area (TPSA) is 82.0 Å². The van der Waals surface area contributed by atoms with Gasteiger partial charge in [-0.3, -0.25) is 4.73 Å². The summed E-state index contributed by atoms with van der Waals surface area (Å²) in [6.45, 7) is 0.877. The molecule has 1 unspecified atom stereocenters. The van der Waals surface area contributed by atoms with E-state index in [0.29, 0.717) is 10.7 Å². The Morgan fingerprint density at radius 1 is 1.20 bits per heavy atom. The predicted octanol–water partition coefficient (Wildman–Crippen LogP) is 1.42. The van der Waals surface area contributed by atoms with Gasteiger partial charge in [-0.05, 0) is 30.9 Å². The highest BCUT2D eigenvalue weighted by atomic mass is 16.5. The molecule has 20 heavy (non-hydrogen) atoms. The molecule has 1 saturated heterocycles. The van der Waals surface area contributed by atoms with Crippen molar-refractivity contribution < 1.29 is 4.73 Å². The van der Waals surface area contributed by atoms with Crippen LogP contribution in [0.15, 0.2) is 36.9 Å². The van der Waals surface area contributed by atoms with Crippen molar-refractivity contribution in [3.8, 4) is 0 Å². The number of nitrogens with two attached hydrogens (primary N) is 1. The third-order valence-electron chi connectivity index (χ3n) is 3.69. The molecule has 6 heteroatoms. The van der Waals surface area contributed by atoms with Crippen LogP contribution in [-0.4, -0.2) is 16.5 Å². The van der Waals surface area contributed by atoms with E-state index in [1.54, 1.807) is 0 Å². The van der Waals surface area contributed by atoms with Crippen LogP contribution >= 0.6 is 0 Å². The van der Waals surface area contributed by atoms with Crippen molar-refractivity contribution in [2.75, 3.05) is 17.2 Å². The van der Waals surface area contributed by atoms with Gasteiger partial charge in [0.1, 0.15) is 0 Å². The number of nitrogen functional groups attached to an aromatic ring is 1. The monoisotopic (exact) mass is 271 g/mol. The number of aromatic nitrogens is 3. The zero-order valence-electron chi connectivity index (χ0n) is 11.1. The van der Waals surface area contributed by atoms with Crippen molar-refractivity contribution in [1.29, 1.82) is 0 Å². The quantitative estimate of drug-likeness (QED) is 0.507. The van der Waals surface area contributed by atoms with E-state index in [2.05, 4.69) is 20.9 Å². The Balaban J connectivity index is 1.95. The average Bonchev–Trinajstić information content (AvgIpc) is 2.49. The summed E-state index contributed by atoms with van der Waals surface area (Å²) >= 11 is 0. The molecule has 0 radical (unpaired) electrons. The predicted molar refractivity (Wildman–Crippen MR) is 75.8 cm³/mol. The first-order chi connectivity index (χ1) is 9.75. The van der Waals surface area contributed by atoms with Gasteiger partial charge in [0.2, 0.25) is 12.7 Å². The average molecular weight is 271 g/mol. The van der Waals surface area contributed by atoms with E-state index in [-0.39, 0.29) is 6.04 Å². The molecule has 1 fully saturated rings. The lowest BCUT2D eigenvalue weighted by atomic mass is 9.94. The molecule has 1 aromatic heterocycles. The Hall–Kier alpha value is -2.37. The number of anilines is 2. The summed E-state index contributed by atoms with van der Waals surface area (Å²) in [5, 5.41) is 11.1. The van der Waals surface area contributed by atoms with E-state index < -0.39 is 0 Å². The summed E-state index contributed by atoms with van der Waals surface area (Å²) in [6.07, 6.45) is 5.75. The van der Waals surface area contributed by atoms with Crippen molar-refractivity contribution in [3.05, 3.63) is 47.7 Å². The summed E-state index contributed by atoms with van der Waals surface area (Å²) in [4.78, 5) is 10.4. The van der Waals surface area contributed by atoms with Gasteiger partial charge in [0.05, 0.1) is 6.04 Å².